The minimum absolute atomic E-state index is 0.151. The zero-order valence-corrected chi connectivity index (χ0v) is 16.0. The van der Waals surface area contributed by atoms with Crippen molar-refractivity contribution in [2.45, 2.75) is 26.4 Å². The van der Waals surface area contributed by atoms with Crippen LogP contribution >= 0.6 is 0 Å². The van der Waals surface area contributed by atoms with Crippen molar-refractivity contribution in [1.29, 1.82) is 0 Å². The van der Waals surface area contributed by atoms with Crippen LogP contribution in [0.2, 0.25) is 0 Å². The van der Waals surface area contributed by atoms with Gasteiger partial charge in [-0.15, -0.1) is 0 Å². The minimum atomic E-state index is -0.898. The number of likely N-dealkylation sites (tertiary alicyclic amines) is 1. The molecule has 1 fully saturated rings. The van der Waals surface area contributed by atoms with E-state index in [4.69, 9.17) is 9.47 Å². The number of carboxylic acid groups (broad SMARTS) is 1. The molecule has 28 heavy (non-hydrogen) atoms. The topological polar surface area (TPSA) is 76.1 Å². The maximum absolute atomic E-state index is 12.5. The quantitative estimate of drug-likeness (QED) is 0.793. The average molecular weight is 383 g/mol. The molecule has 0 spiro atoms. The van der Waals surface area contributed by atoms with Crippen LogP contribution in [0.4, 0.5) is 0 Å². The number of hydrogen-bond acceptors (Lipinski definition) is 4. The Morgan fingerprint density at radius 2 is 1.68 bits per heavy atom. The van der Waals surface area contributed by atoms with Crippen LogP contribution in [-0.2, 0) is 16.2 Å². The highest BCUT2D eigenvalue weighted by Gasteiger charge is 2.39. The molecule has 1 heterocycles. The fraction of sp³-hybridized carbons (Fsp3) is 0.364. The molecule has 1 aliphatic rings. The number of aliphatic carboxylic acids is 1. The van der Waals surface area contributed by atoms with Gasteiger partial charge in [-0.3, -0.25) is 9.59 Å². The van der Waals surface area contributed by atoms with E-state index in [1.165, 1.54) is 0 Å². The lowest BCUT2D eigenvalue weighted by Crippen LogP contribution is -2.49. The molecule has 148 valence electrons. The monoisotopic (exact) mass is 383 g/mol. The number of carbonyl (C=O) groups is 2. The third-order valence-corrected chi connectivity index (χ3v) is 5.00. The van der Waals surface area contributed by atoms with E-state index in [0.717, 1.165) is 5.56 Å². The lowest BCUT2D eigenvalue weighted by Gasteiger charge is -2.37. The van der Waals surface area contributed by atoms with E-state index in [9.17, 15) is 14.7 Å². The molecule has 1 atom stereocenters. The second kappa shape index (κ2) is 8.78. The van der Waals surface area contributed by atoms with Gasteiger partial charge in [0.2, 0.25) is 0 Å². The summed E-state index contributed by atoms with van der Waals surface area (Å²) in [7, 11) is 0. The smallest absolute Gasteiger partial charge is 0.311 e. The molecule has 2 aromatic carbocycles. The number of amides is 1. The Labute approximate surface area is 164 Å². The summed E-state index contributed by atoms with van der Waals surface area (Å²) in [4.78, 5) is 25.6. The molecule has 0 saturated carbocycles. The summed E-state index contributed by atoms with van der Waals surface area (Å²) < 4.78 is 11.5. The Morgan fingerprint density at radius 3 is 2.36 bits per heavy atom. The summed E-state index contributed by atoms with van der Waals surface area (Å²) in [6.07, 6.45) is 1.24. The number of benzene rings is 2. The fourth-order valence-corrected chi connectivity index (χ4v) is 3.28. The molecule has 1 amide bonds. The van der Waals surface area contributed by atoms with Crippen LogP contribution in [0.5, 0.6) is 11.5 Å². The Bertz CT molecular complexity index is 823. The van der Waals surface area contributed by atoms with Crippen LogP contribution in [0.15, 0.2) is 54.6 Å². The number of carboxylic acids is 1. The van der Waals surface area contributed by atoms with Gasteiger partial charge in [0, 0.05) is 13.1 Å². The third-order valence-electron chi connectivity index (χ3n) is 5.00. The van der Waals surface area contributed by atoms with E-state index >= 15 is 0 Å². The Kier molecular flexibility index (Phi) is 6.19. The lowest BCUT2D eigenvalue weighted by molar-refractivity contribution is -0.153. The second-order valence-corrected chi connectivity index (χ2v) is 7.29. The fourth-order valence-electron chi connectivity index (χ4n) is 3.28. The Hall–Kier alpha value is -3.02. The van der Waals surface area contributed by atoms with Crippen molar-refractivity contribution in [2.24, 2.45) is 5.41 Å². The first-order valence-corrected chi connectivity index (χ1v) is 9.38. The molecule has 0 radical (unpaired) electrons. The summed E-state index contributed by atoms with van der Waals surface area (Å²) in [6, 6.07) is 17.0. The second-order valence-electron chi connectivity index (χ2n) is 7.29. The van der Waals surface area contributed by atoms with Gasteiger partial charge in [-0.2, -0.15) is 0 Å². The van der Waals surface area contributed by atoms with E-state index in [0.29, 0.717) is 37.5 Å². The average Bonchev–Trinajstić information content (AvgIpc) is 2.71. The van der Waals surface area contributed by atoms with Gasteiger partial charge in [0.25, 0.3) is 5.91 Å². The van der Waals surface area contributed by atoms with Crippen molar-refractivity contribution < 1.29 is 24.2 Å². The van der Waals surface area contributed by atoms with Gasteiger partial charge in [0.05, 0.1) is 5.41 Å². The molecule has 0 aromatic heterocycles. The maximum atomic E-state index is 12.5. The normalized spacial score (nSPS) is 19.1. The van der Waals surface area contributed by atoms with Crippen LogP contribution in [0, 0.1) is 5.41 Å². The lowest BCUT2D eigenvalue weighted by atomic mass is 9.82. The minimum Gasteiger partial charge on any atom is -0.485 e. The molecule has 0 bridgehead atoms. The highest BCUT2D eigenvalue weighted by atomic mass is 16.5. The Morgan fingerprint density at radius 1 is 1.04 bits per heavy atom. The van der Waals surface area contributed by atoms with Gasteiger partial charge in [-0.05, 0) is 37.5 Å². The standard InChI is InChI=1S/C22H25NO5/c1-22(21(25)26)12-7-13-23(16-22)20(24)15-28-19-11-6-5-10-18(19)27-14-17-8-3-2-4-9-17/h2-6,8-11H,7,12-16H2,1H3,(H,25,26). The van der Waals surface area contributed by atoms with E-state index in [1.54, 1.807) is 24.0 Å². The first-order chi connectivity index (χ1) is 13.5. The molecule has 1 aliphatic heterocycles. The van der Waals surface area contributed by atoms with Gasteiger partial charge in [-0.1, -0.05) is 42.5 Å². The van der Waals surface area contributed by atoms with E-state index in [1.807, 2.05) is 42.5 Å². The highest BCUT2D eigenvalue weighted by molar-refractivity contribution is 5.80. The van der Waals surface area contributed by atoms with E-state index < -0.39 is 11.4 Å². The highest BCUT2D eigenvalue weighted by Crippen LogP contribution is 2.30. The van der Waals surface area contributed by atoms with Crippen molar-refractivity contribution >= 4 is 11.9 Å². The molecule has 6 heteroatoms. The molecule has 1 unspecified atom stereocenters. The van der Waals surface area contributed by atoms with Gasteiger partial charge in [0.15, 0.2) is 18.1 Å². The molecular weight excluding hydrogens is 358 g/mol. The van der Waals surface area contributed by atoms with Gasteiger partial charge in [-0.25, -0.2) is 0 Å². The molecule has 1 saturated heterocycles. The predicted octanol–water partition coefficient (Wildman–Crippen LogP) is 3.36. The number of nitrogens with zero attached hydrogens (tertiary/aromatic N) is 1. The zero-order valence-electron chi connectivity index (χ0n) is 16.0. The molecule has 6 nitrogen and oxygen atoms in total. The summed E-state index contributed by atoms with van der Waals surface area (Å²) >= 11 is 0. The van der Waals surface area contributed by atoms with Gasteiger partial charge >= 0.3 is 5.97 Å². The molecular formula is C22H25NO5. The van der Waals surface area contributed by atoms with Crippen LogP contribution < -0.4 is 9.47 Å². The Balaban J connectivity index is 1.58. The SMILES string of the molecule is CC1(C(=O)O)CCCN(C(=O)COc2ccccc2OCc2ccccc2)C1. The van der Waals surface area contributed by atoms with Crippen molar-refractivity contribution in [2.75, 3.05) is 19.7 Å². The number of ether oxygens (including phenoxy) is 2. The molecule has 1 N–H and O–H groups in total. The van der Waals surface area contributed by atoms with E-state index in [2.05, 4.69) is 0 Å². The summed E-state index contributed by atoms with van der Waals surface area (Å²) in [6.45, 7) is 2.69. The maximum Gasteiger partial charge on any atom is 0.311 e. The molecule has 2 aromatic rings. The van der Waals surface area contributed by atoms with Gasteiger partial charge in [0.1, 0.15) is 6.61 Å². The van der Waals surface area contributed by atoms with E-state index in [-0.39, 0.29) is 19.1 Å². The van der Waals surface area contributed by atoms with Crippen molar-refractivity contribution in [1.82, 2.24) is 4.90 Å². The summed E-state index contributed by atoms with van der Waals surface area (Å²) in [5.41, 5.74) is 0.139. The van der Waals surface area contributed by atoms with Crippen LogP contribution in [0.25, 0.3) is 0 Å². The van der Waals surface area contributed by atoms with Crippen molar-refractivity contribution in [3.05, 3.63) is 60.2 Å². The van der Waals surface area contributed by atoms with Gasteiger partial charge < -0.3 is 19.5 Å². The predicted molar refractivity (Wildman–Crippen MR) is 104 cm³/mol. The van der Waals surface area contributed by atoms with Crippen molar-refractivity contribution in [3.63, 3.8) is 0 Å². The third kappa shape index (κ3) is 4.82. The first kappa shape index (κ1) is 19.7. The number of hydrogen-bond donors (Lipinski definition) is 1. The van der Waals surface area contributed by atoms with Crippen LogP contribution in [-0.4, -0.2) is 41.6 Å². The molecule has 0 aliphatic carbocycles. The summed E-state index contributed by atoms with van der Waals surface area (Å²) in [5, 5.41) is 9.41. The number of para-hydroxylation sites is 2. The summed E-state index contributed by atoms with van der Waals surface area (Å²) in [5.74, 6) is -0.0337. The first-order valence-electron chi connectivity index (χ1n) is 9.38. The largest absolute Gasteiger partial charge is 0.485 e. The zero-order chi connectivity index (χ0) is 20.0. The number of carbonyl (C=O) groups excluding carboxylic acids is 1. The number of piperidine rings is 1. The van der Waals surface area contributed by atoms with Crippen LogP contribution in [0.3, 0.4) is 0 Å². The van der Waals surface area contributed by atoms with Crippen LogP contribution in [0.1, 0.15) is 25.3 Å². The number of rotatable bonds is 7. The molecule has 3 rings (SSSR count). The van der Waals surface area contributed by atoms with Crippen molar-refractivity contribution in [3.8, 4) is 11.5 Å².